The number of ether oxygens (including phenoxy) is 2. The summed E-state index contributed by atoms with van der Waals surface area (Å²) in [5.41, 5.74) is 9.02. The first-order valence-electron chi connectivity index (χ1n) is 16.0. The van der Waals surface area contributed by atoms with E-state index in [1.54, 1.807) is 7.11 Å². The predicted molar refractivity (Wildman–Crippen MR) is 171 cm³/mol. The summed E-state index contributed by atoms with van der Waals surface area (Å²) in [6, 6.07) is 8.34. The standard InChI is InChI=1S/C34H41FN6O5/c1-45-31-21-26(4-5-29(31)36)39-10-8-25(9-11-39)40-14-12-38(13-15-40)16-18-46-17-2-3-23-19-24(35)20-27-28(23)22-41(34(27)44)30-6-7-32(42)37-33(30)43/h4-5,19-21,25,30H,6-18,22,36H2,1H3,(H,37,42,43). The van der Waals surface area contributed by atoms with Gasteiger partial charge in [0.25, 0.3) is 5.91 Å². The fourth-order valence-electron chi connectivity index (χ4n) is 6.92. The predicted octanol–water partition coefficient (Wildman–Crippen LogP) is 1.83. The number of piperazine rings is 1. The summed E-state index contributed by atoms with van der Waals surface area (Å²) in [6.45, 7) is 7.80. The second kappa shape index (κ2) is 14.1. The summed E-state index contributed by atoms with van der Waals surface area (Å²) in [5.74, 6) is 4.81. The van der Waals surface area contributed by atoms with Crippen LogP contribution in [0, 0.1) is 17.7 Å². The molecule has 3 saturated heterocycles. The van der Waals surface area contributed by atoms with Crippen molar-refractivity contribution in [1.29, 1.82) is 0 Å². The van der Waals surface area contributed by atoms with E-state index in [4.69, 9.17) is 15.2 Å². The number of carbonyl (C=O) groups is 3. The lowest BCUT2D eigenvalue weighted by Crippen LogP contribution is -2.53. The lowest BCUT2D eigenvalue weighted by atomic mass is 10.0. The number of nitrogens with two attached hydrogens (primary N) is 1. The maximum absolute atomic E-state index is 14.4. The summed E-state index contributed by atoms with van der Waals surface area (Å²) in [6.07, 6.45) is 2.67. The number of piperidine rings is 2. The molecular weight excluding hydrogens is 591 g/mol. The number of amides is 3. The van der Waals surface area contributed by atoms with Crippen molar-refractivity contribution in [2.75, 3.05) is 76.8 Å². The molecule has 12 heteroatoms. The quantitative estimate of drug-likeness (QED) is 0.194. The van der Waals surface area contributed by atoms with Gasteiger partial charge >= 0.3 is 0 Å². The minimum absolute atomic E-state index is 0.147. The molecule has 3 amide bonds. The molecule has 0 saturated carbocycles. The van der Waals surface area contributed by atoms with Crippen LogP contribution in [0.5, 0.6) is 5.75 Å². The largest absolute Gasteiger partial charge is 0.495 e. The molecule has 0 spiro atoms. The first-order chi connectivity index (χ1) is 22.3. The Morgan fingerprint density at radius 3 is 2.54 bits per heavy atom. The van der Waals surface area contributed by atoms with Crippen molar-refractivity contribution in [1.82, 2.24) is 20.0 Å². The number of imide groups is 1. The van der Waals surface area contributed by atoms with Crippen molar-refractivity contribution >= 4 is 29.1 Å². The molecule has 3 fully saturated rings. The highest BCUT2D eigenvalue weighted by atomic mass is 19.1. The third kappa shape index (κ3) is 6.97. The van der Waals surface area contributed by atoms with E-state index in [2.05, 4.69) is 37.9 Å². The first kappa shape index (κ1) is 31.8. The highest BCUT2D eigenvalue weighted by molar-refractivity contribution is 6.05. The van der Waals surface area contributed by atoms with Crippen LogP contribution in [0.4, 0.5) is 15.8 Å². The molecule has 0 bridgehead atoms. The van der Waals surface area contributed by atoms with Crippen LogP contribution in [0.25, 0.3) is 0 Å². The number of nitrogens with zero attached hydrogens (tertiary/aromatic N) is 4. The van der Waals surface area contributed by atoms with Crippen molar-refractivity contribution in [2.24, 2.45) is 0 Å². The van der Waals surface area contributed by atoms with Crippen LogP contribution in [0.3, 0.4) is 0 Å². The maximum atomic E-state index is 14.4. The molecule has 2 aromatic carbocycles. The molecule has 6 rings (SSSR count). The highest BCUT2D eigenvalue weighted by Crippen LogP contribution is 2.31. The molecule has 46 heavy (non-hydrogen) atoms. The monoisotopic (exact) mass is 632 g/mol. The van der Waals surface area contributed by atoms with Crippen LogP contribution in [0.15, 0.2) is 30.3 Å². The number of anilines is 2. The van der Waals surface area contributed by atoms with Gasteiger partial charge in [-0.2, -0.15) is 0 Å². The molecule has 1 atom stereocenters. The van der Waals surface area contributed by atoms with Crippen LogP contribution < -0.4 is 20.7 Å². The Bertz CT molecular complexity index is 1540. The van der Waals surface area contributed by atoms with E-state index in [0.29, 0.717) is 29.5 Å². The lowest BCUT2D eigenvalue weighted by Gasteiger charge is -2.43. The number of nitrogen functional groups attached to an aromatic ring is 1. The van der Waals surface area contributed by atoms with E-state index in [9.17, 15) is 18.8 Å². The fourth-order valence-corrected chi connectivity index (χ4v) is 6.92. The van der Waals surface area contributed by atoms with Crippen molar-refractivity contribution in [3.05, 3.63) is 52.8 Å². The van der Waals surface area contributed by atoms with Crippen molar-refractivity contribution < 1.29 is 28.2 Å². The topological polar surface area (TPSA) is 121 Å². The van der Waals surface area contributed by atoms with Gasteiger partial charge < -0.3 is 25.0 Å². The number of benzene rings is 2. The molecule has 4 aliphatic heterocycles. The third-order valence-electron chi connectivity index (χ3n) is 9.54. The second-order valence-electron chi connectivity index (χ2n) is 12.3. The van der Waals surface area contributed by atoms with E-state index in [0.717, 1.165) is 70.1 Å². The van der Waals surface area contributed by atoms with Crippen LogP contribution >= 0.6 is 0 Å². The molecule has 0 radical (unpaired) electrons. The van der Waals surface area contributed by atoms with Crippen LogP contribution in [-0.2, 0) is 20.9 Å². The van der Waals surface area contributed by atoms with E-state index >= 15 is 0 Å². The smallest absolute Gasteiger partial charge is 0.255 e. The molecule has 2 aromatic rings. The zero-order chi connectivity index (χ0) is 32.2. The van der Waals surface area contributed by atoms with Gasteiger partial charge in [-0.3, -0.25) is 29.5 Å². The maximum Gasteiger partial charge on any atom is 0.255 e. The van der Waals surface area contributed by atoms with Crippen LogP contribution in [0.2, 0.25) is 0 Å². The van der Waals surface area contributed by atoms with Gasteiger partial charge in [0.2, 0.25) is 11.8 Å². The van der Waals surface area contributed by atoms with Gasteiger partial charge in [0.15, 0.2) is 0 Å². The van der Waals surface area contributed by atoms with Gasteiger partial charge in [-0.25, -0.2) is 4.39 Å². The average Bonchev–Trinajstić information content (AvgIpc) is 3.38. The summed E-state index contributed by atoms with van der Waals surface area (Å²) in [5, 5.41) is 2.28. The summed E-state index contributed by atoms with van der Waals surface area (Å²) >= 11 is 0. The number of hydrogen-bond acceptors (Lipinski definition) is 9. The zero-order valence-electron chi connectivity index (χ0n) is 26.2. The first-order valence-corrected chi connectivity index (χ1v) is 16.0. The van der Waals surface area contributed by atoms with E-state index in [-0.39, 0.29) is 37.5 Å². The molecule has 0 aliphatic carbocycles. The Morgan fingerprint density at radius 2 is 1.80 bits per heavy atom. The molecule has 0 aromatic heterocycles. The minimum Gasteiger partial charge on any atom is -0.495 e. The SMILES string of the molecule is COc1cc(N2CCC(N3CCN(CCOCC#Cc4cc(F)cc5c4CN(C4CCC(=O)NC4=O)C5=O)CC3)CC2)ccc1N. The molecular formula is C34H41FN6O5. The number of nitrogens with one attached hydrogen (secondary N) is 1. The fraction of sp³-hybridized carbons (Fsp3) is 0.500. The Balaban J connectivity index is 0.920. The Kier molecular flexibility index (Phi) is 9.72. The van der Waals surface area contributed by atoms with Gasteiger partial charge in [0.05, 0.1) is 19.4 Å². The van der Waals surface area contributed by atoms with Gasteiger partial charge in [0.1, 0.15) is 24.2 Å². The molecule has 4 heterocycles. The molecule has 11 nitrogen and oxygen atoms in total. The molecule has 3 N–H and O–H groups in total. The van der Waals surface area contributed by atoms with Gasteiger partial charge in [-0.15, -0.1) is 0 Å². The number of halogens is 1. The van der Waals surface area contributed by atoms with Crippen LogP contribution in [0.1, 0.15) is 47.2 Å². The van der Waals surface area contributed by atoms with Gasteiger partial charge in [-0.1, -0.05) is 11.8 Å². The van der Waals surface area contributed by atoms with E-state index < -0.39 is 23.7 Å². The summed E-state index contributed by atoms with van der Waals surface area (Å²) in [4.78, 5) is 45.7. The number of rotatable bonds is 8. The Labute approximate surface area is 268 Å². The summed E-state index contributed by atoms with van der Waals surface area (Å²) in [7, 11) is 1.65. The summed E-state index contributed by atoms with van der Waals surface area (Å²) < 4.78 is 25.6. The third-order valence-corrected chi connectivity index (χ3v) is 9.54. The van der Waals surface area contributed by atoms with Crippen molar-refractivity contribution in [2.45, 2.75) is 44.3 Å². The Hall–Kier alpha value is -4.18. The second-order valence-corrected chi connectivity index (χ2v) is 12.3. The number of fused-ring (bicyclic) bond motifs is 1. The number of carbonyl (C=O) groups excluding carboxylic acids is 3. The highest BCUT2D eigenvalue weighted by Gasteiger charge is 2.40. The Morgan fingerprint density at radius 1 is 1.02 bits per heavy atom. The van der Waals surface area contributed by atoms with Crippen molar-refractivity contribution in [3.8, 4) is 17.6 Å². The normalized spacial score (nSPS) is 21.2. The average molecular weight is 633 g/mol. The molecule has 244 valence electrons. The van der Waals surface area contributed by atoms with Gasteiger partial charge in [-0.05, 0) is 43.5 Å². The number of methoxy groups -OCH3 is 1. The van der Waals surface area contributed by atoms with E-state index in [1.165, 1.54) is 17.0 Å². The van der Waals surface area contributed by atoms with Crippen LogP contribution in [-0.4, -0.2) is 111 Å². The zero-order valence-corrected chi connectivity index (χ0v) is 26.2. The van der Waals surface area contributed by atoms with Gasteiger partial charge in [0, 0.05) is 93.3 Å². The molecule has 4 aliphatic rings. The number of hydrogen-bond donors (Lipinski definition) is 2. The van der Waals surface area contributed by atoms with Crippen molar-refractivity contribution in [3.63, 3.8) is 0 Å². The minimum atomic E-state index is -0.759. The van der Waals surface area contributed by atoms with E-state index in [1.807, 2.05) is 12.1 Å². The lowest BCUT2D eigenvalue weighted by molar-refractivity contribution is -0.136. The molecule has 1 unspecified atom stereocenters.